The van der Waals surface area contributed by atoms with Crippen molar-refractivity contribution in [3.05, 3.63) is 33.4 Å². The number of nitro groups is 1. The largest absolute Gasteiger partial charge is 0.480 e. The summed E-state index contributed by atoms with van der Waals surface area (Å²) in [7, 11) is 0. The molecule has 3 atom stereocenters. The minimum Gasteiger partial charge on any atom is -0.480 e. The highest BCUT2D eigenvalue weighted by atomic mass is 16.6. The van der Waals surface area contributed by atoms with Crippen LogP contribution in [-0.4, -0.2) is 34.9 Å². The highest BCUT2D eigenvalue weighted by Gasteiger charge is 2.43. The molecule has 0 spiro atoms. The van der Waals surface area contributed by atoms with Gasteiger partial charge in [0, 0.05) is 19.1 Å². The van der Waals surface area contributed by atoms with Gasteiger partial charge in [0.25, 0.3) is 0 Å². The zero-order valence-corrected chi connectivity index (χ0v) is 11.8. The van der Waals surface area contributed by atoms with Gasteiger partial charge in [0.1, 0.15) is 12.2 Å². The van der Waals surface area contributed by atoms with Crippen LogP contribution in [0.3, 0.4) is 0 Å². The molecule has 0 aliphatic heterocycles. The van der Waals surface area contributed by atoms with Crippen LogP contribution in [0.25, 0.3) is 0 Å². The first-order valence-electron chi connectivity index (χ1n) is 6.66. The SMILES string of the molecule is CCOC1C(O)CC1Oc1c(C)cc(C)cc1[N+](=O)[O-]. The van der Waals surface area contributed by atoms with E-state index in [1.807, 2.05) is 13.0 Å². The lowest BCUT2D eigenvalue weighted by Gasteiger charge is -2.40. The lowest BCUT2D eigenvalue weighted by atomic mass is 9.88. The van der Waals surface area contributed by atoms with E-state index in [1.54, 1.807) is 13.8 Å². The molecule has 6 heteroatoms. The Morgan fingerprint density at radius 1 is 1.45 bits per heavy atom. The number of nitrogens with zero attached hydrogens (tertiary/aromatic N) is 1. The van der Waals surface area contributed by atoms with Gasteiger partial charge in [0.2, 0.25) is 0 Å². The molecule has 0 aromatic heterocycles. The first-order chi connectivity index (χ1) is 9.43. The summed E-state index contributed by atoms with van der Waals surface area (Å²) in [5.74, 6) is 0.266. The summed E-state index contributed by atoms with van der Waals surface area (Å²) >= 11 is 0. The van der Waals surface area contributed by atoms with Gasteiger partial charge in [-0.2, -0.15) is 0 Å². The third kappa shape index (κ3) is 2.76. The normalized spacial score (nSPS) is 25.1. The lowest BCUT2D eigenvalue weighted by Crippen LogP contribution is -2.55. The van der Waals surface area contributed by atoms with E-state index in [4.69, 9.17) is 9.47 Å². The van der Waals surface area contributed by atoms with Crippen LogP contribution in [0, 0.1) is 24.0 Å². The fraction of sp³-hybridized carbons (Fsp3) is 0.571. The topological polar surface area (TPSA) is 81.8 Å². The van der Waals surface area contributed by atoms with E-state index >= 15 is 0 Å². The Hall–Kier alpha value is -1.66. The Morgan fingerprint density at radius 3 is 2.70 bits per heavy atom. The monoisotopic (exact) mass is 281 g/mol. The van der Waals surface area contributed by atoms with Crippen molar-refractivity contribution >= 4 is 5.69 Å². The summed E-state index contributed by atoms with van der Waals surface area (Å²) < 4.78 is 11.1. The molecule has 0 amide bonds. The van der Waals surface area contributed by atoms with Gasteiger partial charge in [-0.3, -0.25) is 10.1 Å². The van der Waals surface area contributed by atoms with E-state index in [-0.39, 0.29) is 17.5 Å². The number of ether oxygens (including phenoxy) is 2. The predicted molar refractivity (Wildman–Crippen MR) is 73.0 cm³/mol. The quantitative estimate of drug-likeness (QED) is 0.660. The third-order valence-electron chi connectivity index (χ3n) is 3.44. The van der Waals surface area contributed by atoms with Crippen molar-refractivity contribution in [2.24, 2.45) is 0 Å². The van der Waals surface area contributed by atoms with Crippen LogP contribution >= 0.6 is 0 Å². The van der Waals surface area contributed by atoms with Crippen molar-refractivity contribution in [1.82, 2.24) is 0 Å². The summed E-state index contributed by atoms with van der Waals surface area (Å²) in [6.45, 7) is 5.89. The Bertz CT molecular complexity index is 517. The number of hydrogen-bond donors (Lipinski definition) is 1. The van der Waals surface area contributed by atoms with E-state index in [0.29, 0.717) is 18.6 Å². The van der Waals surface area contributed by atoms with Crippen molar-refractivity contribution in [2.45, 2.75) is 45.5 Å². The molecule has 0 heterocycles. The molecule has 1 saturated carbocycles. The number of rotatable bonds is 5. The van der Waals surface area contributed by atoms with E-state index in [0.717, 1.165) is 5.56 Å². The molecule has 1 aliphatic carbocycles. The fourth-order valence-electron chi connectivity index (χ4n) is 2.46. The second kappa shape index (κ2) is 5.76. The molecule has 1 fully saturated rings. The first-order valence-corrected chi connectivity index (χ1v) is 6.66. The molecule has 6 nitrogen and oxygen atoms in total. The molecule has 1 aromatic carbocycles. The standard InChI is InChI=1S/C14H19NO5/c1-4-19-14-11(16)7-12(14)20-13-9(3)5-8(2)6-10(13)15(17)18/h5-6,11-12,14,16H,4,7H2,1-3H3. The zero-order chi connectivity index (χ0) is 14.9. The second-order valence-electron chi connectivity index (χ2n) is 5.07. The molecule has 20 heavy (non-hydrogen) atoms. The molecule has 2 rings (SSSR count). The van der Waals surface area contributed by atoms with Crippen molar-refractivity contribution < 1.29 is 19.5 Å². The number of aryl methyl sites for hydroxylation is 2. The minimum absolute atomic E-state index is 0.0425. The summed E-state index contributed by atoms with van der Waals surface area (Å²) in [4.78, 5) is 10.7. The number of aliphatic hydroxyl groups is 1. The molecular formula is C14H19NO5. The average Bonchev–Trinajstić information content (AvgIpc) is 2.37. The highest BCUT2D eigenvalue weighted by Crippen LogP contribution is 2.37. The maximum Gasteiger partial charge on any atom is 0.311 e. The minimum atomic E-state index is -0.565. The number of hydrogen-bond acceptors (Lipinski definition) is 5. The van der Waals surface area contributed by atoms with Gasteiger partial charge in [-0.15, -0.1) is 0 Å². The van der Waals surface area contributed by atoms with Crippen LogP contribution in [0.2, 0.25) is 0 Å². The average molecular weight is 281 g/mol. The second-order valence-corrected chi connectivity index (χ2v) is 5.07. The highest BCUT2D eigenvalue weighted by molar-refractivity contribution is 5.53. The van der Waals surface area contributed by atoms with E-state index in [1.165, 1.54) is 6.07 Å². The van der Waals surface area contributed by atoms with Gasteiger partial charge in [-0.1, -0.05) is 6.07 Å². The molecule has 0 bridgehead atoms. The van der Waals surface area contributed by atoms with Gasteiger partial charge < -0.3 is 14.6 Å². The maximum absolute atomic E-state index is 11.1. The van der Waals surface area contributed by atoms with E-state index < -0.39 is 17.1 Å². The summed E-state index contributed by atoms with van der Waals surface area (Å²) in [5.41, 5.74) is 1.49. The lowest BCUT2D eigenvalue weighted by molar-refractivity contribution is -0.386. The molecule has 1 aromatic rings. The molecule has 3 unspecified atom stereocenters. The van der Waals surface area contributed by atoms with Crippen molar-refractivity contribution in [3.8, 4) is 5.75 Å². The van der Waals surface area contributed by atoms with E-state index in [9.17, 15) is 15.2 Å². The number of nitro benzene ring substituents is 1. The van der Waals surface area contributed by atoms with Crippen LogP contribution in [0.15, 0.2) is 12.1 Å². The Morgan fingerprint density at radius 2 is 2.15 bits per heavy atom. The molecule has 0 radical (unpaired) electrons. The molecular weight excluding hydrogens is 262 g/mol. The predicted octanol–water partition coefficient (Wildman–Crippen LogP) is 2.13. The van der Waals surface area contributed by atoms with Crippen LogP contribution in [0.5, 0.6) is 5.75 Å². The van der Waals surface area contributed by atoms with Crippen molar-refractivity contribution in [3.63, 3.8) is 0 Å². The van der Waals surface area contributed by atoms with Gasteiger partial charge >= 0.3 is 5.69 Å². The summed E-state index contributed by atoms with van der Waals surface area (Å²) in [6.07, 6.45) is -0.898. The van der Waals surface area contributed by atoms with Gasteiger partial charge in [-0.05, 0) is 31.9 Å². The summed E-state index contributed by atoms with van der Waals surface area (Å²) in [5, 5.41) is 20.8. The molecule has 0 saturated heterocycles. The van der Waals surface area contributed by atoms with Crippen LogP contribution in [0.4, 0.5) is 5.69 Å². The number of benzene rings is 1. The Balaban J connectivity index is 2.23. The zero-order valence-electron chi connectivity index (χ0n) is 11.8. The smallest absolute Gasteiger partial charge is 0.311 e. The maximum atomic E-state index is 11.1. The Labute approximate surface area is 117 Å². The van der Waals surface area contributed by atoms with Crippen LogP contribution in [0.1, 0.15) is 24.5 Å². The Kier molecular flexibility index (Phi) is 4.25. The molecule has 110 valence electrons. The van der Waals surface area contributed by atoms with Gasteiger partial charge in [0.05, 0.1) is 11.0 Å². The van der Waals surface area contributed by atoms with Crippen molar-refractivity contribution in [2.75, 3.05) is 6.61 Å². The van der Waals surface area contributed by atoms with E-state index in [2.05, 4.69) is 0 Å². The fourth-order valence-corrected chi connectivity index (χ4v) is 2.46. The third-order valence-corrected chi connectivity index (χ3v) is 3.44. The molecule has 1 N–H and O–H groups in total. The van der Waals surface area contributed by atoms with Crippen molar-refractivity contribution in [1.29, 1.82) is 0 Å². The number of aliphatic hydroxyl groups excluding tert-OH is 1. The van der Waals surface area contributed by atoms with Gasteiger partial charge in [-0.25, -0.2) is 0 Å². The van der Waals surface area contributed by atoms with Gasteiger partial charge in [0.15, 0.2) is 5.75 Å². The first kappa shape index (κ1) is 14.7. The van der Waals surface area contributed by atoms with Crippen LogP contribution in [-0.2, 0) is 4.74 Å². The summed E-state index contributed by atoms with van der Waals surface area (Å²) in [6, 6.07) is 3.33. The van der Waals surface area contributed by atoms with Crippen LogP contribution < -0.4 is 4.74 Å². The molecule has 1 aliphatic rings.